The van der Waals surface area contributed by atoms with Gasteiger partial charge in [-0.1, -0.05) is 45.1 Å². The van der Waals surface area contributed by atoms with Crippen molar-refractivity contribution in [3.05, 3.63) is 24.3 Å². The highest BCUT2D eigenvalue weighted by Gasteiger charge is 2.23. The highest BCUT2D eigenvalue weighted by Crippen LogP contribution is 2.36. The first-order valence-corrected chi connectivity index (χ1v) is 4.36. The van der Waals surface area contributed by atoms with Gasteiger partial charge in [0, 0.05) is 0 Å². The molecule has 0 aromatic rings. The van der Waals surface area contributed by atoms with E-state index >= 15 is 0 Å². The van der Waals surface area contributed by atoms with Crippen LogP contribution in [0.15, 0.2) is 24.3 Å². The van der Waals surface area contributed by atoms with Crippen LogP contribution in [-0.2, 0) is 0 Å². The zero-order valence-electron chi connectivity index (χ0n) is 7.85. The molecule has 62 valence electrons. The lowest BCUT2D eigenvalue weighted by Crippen LogP contribution is -2.14. The van der Waals surface area contributed by atoms with Gasteiger partial charge < -0.3 is 0 Å². The fourth-order valence-corrected chi connectivity index (χ4v) is 1.51. The summed E-state index contributed by atoms with van der Waals surface area (Å²) in [4.78, 5) is 0. The average Bonchev–Trinajstić information content (AvgIpc) is 2.34. The van der Waals surface area contributed by atoms with Crippen molar-refractivity contribution < 1.29 is 0 Å². The summed E-state index contributed by atoms with van der Waals surface area (Å²) in [7, 11) is 0. The molecule has 0 N–H and O–H groups in total. The van der Waals surface area contributed by atoms with Crippen LogP contribution < -0.4 is 0 Å². The van der Waals surface area contributed by atoms with Crippen molar-refractivity contribution in [2.24, 2.45) is 11.3 Å². The van der Waals surface area contributed by atoms with Gasteiger partial charge in [-0.15, -0.1) is 0 Å². The lowest BCUT2D eigenvalue weighted by Gasteiger charge is -2.26. The Balaban J connectivity index is 2.55. The molecule has 0 heterocycles. The molecule has 0 saturated heterocycles. The molecule has 11 heavy (non-hydrogen) atoms. The van der Waals surface area contributed by atoms with Crippen molar-refractivity contribution in [3.8, 4) is 0 Å². The summed E-state index contributed by atoms with van der Waals surface area (Å²) >= 11 is 0. The summed E-state index contributed by atoms with van der Waals surface area (Å²) in [6.07, 6.45) is 6.94. The summed E-state index contributed by atoms with van der Waals surface area (Å²) in [6, 6.07) is 0. The van der Waals surface area contributed by atoms with Gasteiger partial charge in [0.1, 0.15) is 0 Å². The van der Waals surface area contributed by atoms with Gasteiger partial charge in [0.15, 0.2) is 0 Å². The number of hydrogen-bond acceptors (Lipinski definition) is 0. The number of hydrogen-bond donors (Lipinski definition) is 0. The van der Waals surface area contributed by atoms with E-state index in [2.05, 4.69) is 39.5 Å². The molecule has 1 aliphatic carbocycles. The number of rotatable bonds is 1. The van der Waals surface area contributed by atoms with Crippen LogP contribution in [0.3, 0.4) is 0 Å². The van der Waals surface area contributed by atoms with E-state index < -0.39 is 0 Å². The van der Waals surface area contributed by atoms with Gasteiger partial charge in [0.05, 0.1) is 0 Å². The van der Waals surface area contributed by atoms with Crippen molar-refractivity contribution in [2.45, 2.75) is 33.6 Å². The Morgan fingerprint density at radius 3 is 2.09 bits per heavy atom. The Morgan fingerprint density at radius 2 is 1.73 bits per heavy atom. The van der Waals surface area contributed by atoms with Crippen LogP contribution in [0.25, 0.3) is 0 Å². The van der Waals surface area contributed by atoms with Gasteiger partial charge in [-0.25, -0.2) is 0 Å². The Hall–Kier alpha value is -0.520. The van der Waals surface area contributed by atoms with Crippen LogP contribution >= 0.6 is 0 Å². The van der Waals surface area contributed by atoms with E-state index in [0.29, 0.717) is 0 Å². The van der Waals surface area contributed by atoms with Crippen molar-refractivity contribution in [1.29, 1.82) is 0 Å². The Bertz CT molecular complexity index is 171. The molecular weight excluding hydrogens is 132 g/mol. The van der Waals surface area contributed by atoms with E-state index in [1.165, 1.54) is 18.4 Å². The molecular formula is C11H18. The van der Waals surface area contributed by atoms with E-state index in [1.807, 2.05) is 0 Å². The third-order valence-corrected chi connectivity index (χ3v) is 2.46. The smallest absolute Gasteiger partial charge is 0.0132 e. The zero-order chi connectivity index (χ0) is 8.48. The highest BCUT2D eigenvalue weighted by atomic mass is 14.3. The zero-order valence-corrected chi connectivity index (χ0v) is 7.85. The van der Waals surface area contributed by atoms with E-state index in [0.717, 1.165) is 5.92 Å². The lowest BCUT2D eigenvalue weighted by atomic mass is 9.79. The molecule has 0 radical (unpaired) electrons. The largest absolute Gasteiger partial charge is 0.0990 e. The predicted octanol–water partition coefficient (Wildman–Crippen LogP) is 3.55. The molecule has 0 amide bonds. The molecule has 1 aliphatic rings. The fraction of sp³-hybridized carbons (Fsp3) is 0.636. The van der Waals surface area contributed by atoms with Crippen molar-refractivity contribution >= 4 is 0 Å². The quantitative estimate of drug-likeness (QED) is 0.501. The summed E-state index contributed by atoms with van der Waals surface area (Å²) in [5, 5.41) is 0. The molecule has 0 aliphatic heterocycles. The normalized spacial score (nSPS) is 19.2. The Kier molecular flexibility index (Phi) is 2.22. The molecule has 0 atom stereocenters. The second-order valence-corrected chi connectivity index (χ2v) is 4.41. The van der Waals surface area contributed by atoms with Crippen molar-refractivity contribution in [1.82, 2.24) is 0 Å². The average molecular weight is 150 g/mol. The van der Waals surface area contributed by atoms with Crippen LogP contribution in [0.4, 0.5) is 0 Å². The summed E-state index contributed by atoms with van der Waals surface area (Å²) in [6.45, 7) is 10.9. The minimum atomic E-state index is 0.288. The Morgan fingerprint density at radius 1 is 1.27 bits per heavy atom. The molecule has 0 unspecified atom stereocenters. The van der Waals surface area contributed by atoms with Crippen LogP contribution in [0.2, 0.25) is 0 Å². The molecule has 0 heteroatoms. The van der Waals surface area contributed by atoms with Crippen molar-refractivity contribution in [2.75, 3.05) is 0 Å². The summed E-state index contributed by atoms with van der Waals surface area (Å²) < 4.78 is 0. The maximum Gasteiger partial charge on any atom is -0.0132 e. The van der Waals surface area contributed by atoms with Crippen LogP contribution in [0.1, 0.15) is 33.6 Å². The molecule has 0 nitrogen and oxygen atoms in total. The SMILES string of the molecule is C=C(C1CC=CC1)C(C)(C)C. The topological polar surface area (TPSA) is 0 Å². The molecule has 0 fully saturated rings. The second kappa shape index (κ2) is 2.84. The maximum absolute atomic E-state index is 4.17. The Labute approximate surface area is 70.0 Å². The lowest BCUT2D eigenvalue weighted by molar-refractivity contribution is 0.432. The minimum absolute atomic E-state index is 0.288. The first kappa shape index (κ1) is 8.58. The molecule has 1 rings (SSSR count). The van der Waals surface area contributed by atoms with Crippen LogP contribution in [0, 0.1) is 11.3 Å². The van der Waals surface area contributed by atoms with E-state index in [1.54, 1.807) is 0 Å². The van der Waals surface area contributed by atoms with Gasteiger partial charge >= 0.3 is 0 Å². The standard InChI is InChI=1S/C11H18/c1-9(11(2,3)4)10-7-5-6-8-10/h5-6,10H,1,7-8H2,2-4H3. The first-order valence-electron chi connectivity index (χ1n) is 4.36. The third-order valence-electron chi connectivity index (χ3n) is 2.46. The molecule has 0 saturated carbocycles. The van der Waals surface area contributed by atoms with Crippen LogP contribution in [0.5, 0.6) is 0 Å². The van der Waals surface area contributed by atoms with Gasteiger partial charge in [-0.2, -0.15) is 0 Å². The van der Waals surface area contributed by atoms with Crippen LogP contribution in [-0.4, -0.2) is 0 Å². The van der Waals surface area contributed by atoms with E-state index in [9.17, 15) is 0 Å². The highest BCUT2D eigenvalue weighted by molar-refractivity contribution is 5.15. The summed E-state index contributed by atoms with van der Waals surface area (Å²) in [5.41, 5.74) is 1.69. The molecule has 0 aromatic heterocycles. The monoisotopic (exact) mass is 150 g/mol. The molecule has 0 bridgehead atoms. The van der Waals surface area contributed by atoms with E-state index in [-0.39, 0.29) is 5.41 Å². The molecule has 0 aromatic carbocycles. The maximum atomic E-state index is 4.17. The van der Waals surface area contributed by atoms with Gasteiger partial charge in [0.25, 0.3) is 0 Å². The number of allylic oxidation sites excluding steroid dienone is 3. The molecule has 0 spiro atoms. The second-order valence-electron chi connectivity index (χ2n) is 4.41. The summed E-state index contributed by atoms with van der Waals surface area (Å²) in [5.74, 6) is 0.718. The van der Waals surface area contributed by atoms with Crippen molar-refractivity contribution in [3.63, 3.8) is 0 Å². The fourth-order valence-electron chi connectivity index (χ4n) is 1.51. The van der Waals surface area contributed by atoms with Gasteiger partial charge in [0.2, 0.25) is 0 Å². The minimum Gasteiger partial charge on any atom is -0.0990 e. The third kappa shape index (κ3) is 1.95. The van der Waals surface area contributed by atoms with Gasteiger partial charge in [-0.05, 0) is 24.2 Å². The van der Waals surface area contributed by atoms with Gasteiger partial charge in [-0.3, -0.25) is 0 Å². The predicted molar refractivity (Wildman–Crippen MR) is 50.5 cm³/mol. The van der Waals surface area contributed by atoms with E-state index in [4.69, 9.17) is 0 Å². The first-order chi connectivity index (χ1) is 5.02.